The van der Waals surface area contributed by atoms with Gasteiger partial charge in [0.1, 0.15) is 17.2 Å². The molecule has 88 valence electrons. The van der Waals surface area contributed by atoms with Crippen molar-refractivity contribution in [3.63, 3.8) is 0 Å². The van der Waals surface area contributed by atoms with Gasteiger partial charge in [-0.25, -0.2) is 8.42 Å². The number of rotatable bonds is 3. The van der Waals surface area contributed by atoms with Crippen molar-refractivity contribution in [1.82, 2.24) is 4.31 Å². The summed E-state index contributed by atoms with van der Waals surface area (Å²) in [7, 11) is -3.73. The molecule has 0 radical (unpaired) electrons. The first-order chi connectivity index (χ1) is 7.53. The molecule has 0 saturated carbocycles. The van der Waals surface area contributed by atoms with Gasteiger partial charge in [-0.15, -0.1) is 0 Å². The van der Waals surface area contributed by atoms with E-state index in [0.29, 0.717) is 12.8 Å². The number of carbonyl (C=O) groups is 1. The molecule has 1 aliphatic heterocycles. The zero-order valence-corrected chi connectivity index (χ0v) is 9.18. The minimum absolute atomic E-state index is 0.000602. The molecule has 2 rings (SSSR count). The maximum Gasteiger partial charge on any atom is 0.322 e. The Morgan fingerprint density at radius 1 is 1.56 bits per heavy atom. The maximum atomic E-state index is 12.0. The number of nitrogens with zero attached hydrogens (tertiary/aromatic N) is 1. The topological polar surface area (TPSA) is 87.8 Å². The summed E-state index contributed by atoms with van der Waals surface area (Å²) in [5.74, 6) is -1.11. The van der Waals surface area contributed by atoms with Crippen LogP contribution in [-0.2, 0) is 14.8 Å². The summed E-state index contributed by atoms with van der Waals surface area (Å²) in [6.45, 7) is 0.241. The largest absolute Gasteiger partial charge is 0.480 e. The first-order valence-electron chi connectivity index (χ1n) is 4.80. The summed E-state index contributed by atoms with van der Waals surface area (Å²) < 4.78 is 29.7. The second kappa shape index (κ2) is 3.91. The number of sulfonamides is 1. The second-order valence-corrected chi connectivity index (χ2v) is 5.46. The molecule has 1 saturated heterocycles. The molecule has 2 heterocycles. The smallest absolute Gasteiger partial charge is 0.322 e. The van der Waals surface area contributed by atoms with Crippen LogP contribution in [0.25, 0.3) is 0 Å². The van der Waals surface area contributed by atoms with Gasteiger partial charge in [-0.2, -0.15) is 4.31 Å². The van der Waals surface area contributed by atoms with Gasteiger partial charge < -0.3 is 9.52 Å². The Labute approximate surface area is 92.5 Å². The molecule has 0 bridgehead atoms. The predicted octanol–water partition coefficient (Wildman–Crippen LogP) is 0.517. The highest BCUT2D eigenvalue weighted by Gasteiger charge is 2.39. The van der Waals surface area contributed by atoms with Crippen LogP contribution in [0.15, 0.2) is 27.9 Å². The average molecular weight is 245 g/mol. The summed E-state index contributed by atoms with van der Waals surface area (Å²) in [6.07, 6.45) is 3.27. The molecule has 0 amide bonds. The minimum atomic E-state index is -3.73. The van der Waals surface area contributed by atoms with E-state index in [-0.39, 0.29) is 11.4 Å². The first kappa shape index (κ1) is 11.2. The fraction of sp³-hybridized carbons (Fsp3) is 0.444. The number of carboxylic acids is 1. The SMILES string of the molecule is O=C(O)C1CCCN1S(=O)(=O)c1ccoc1. The lowest BCUT2D eigenvalue weighted by Crippen LogP contribution is -2.40. The van der Waals surface area contributed by atoms with Gasteiger partial charge in [0, 0.05) is 6.54 Å². The number of furan rings is 1. The van der Waals surface area contributed by atoms with Gasteiger partial charge in [-0.3, -0.25) is 4.79 Å². The highest BCUT2D eigenvalue weighted by atomic mass is 32.2. The third kappa shape index (κ3) is 1.72. The lowest BCUT2D eigenvalue weighted by Gasteiger charge is -2.19. The van der Waals surface area contributed by atoms with Crippen LogP contribution in [0.5, 0.6) is 0 Å². The Balaban J connectivity index is 2.34. The van der Waals surface area contributed by atoms with E-state index in [0.717, 1.165) is 10.6 Å². The Morgan fingerprint density at radius 3 is 2.88 bits per heavy atom. The second-order valence-electron chi connectivity index (χ2n) is 3.57. The predicted molar refractivity (Wildman–Crippen MR) is 53.3 cm³/mol. The van der Waals surface area contributed by atoms with Crippen molar-refractivity contribution in [2.24, 2.45) is 0 Å². The van der Waals surface area contributed by atoms with Crippen molar-refractivity contribution < 1.29 is 22.7 Å². The molecule has 0 aromatic carbocycles. The maximum absolute atomic E-state index is 12.0. The molecule has 1 N–H and O–H groups in total. The molecule has 16 heavy (non-hydrogen) atoms. The Hall–Kier alpha value is -1.34. The molecular weight excluding hydrogens is 234 g/mol. The summed E-state index contributed by atoms with van der Waals surface area (Å²) >= 11 is 0. The highest BCUT2D eigenvalue weighted by Crippen LogP contribution is 2.26. The van der Waals surface area contributed by atoms with Gasteiger partial charge in [-0.05, 0) is 18.9 Å². The monoisotopic (exact) mass is 245 g/mol. The standard InChI is InChI=1S/C9H11NO5S/c11-9(12)8-2-1-4-10(8)16(13,14)7-3-5-15-6-7/h3,5-6,8H,1-2,4H2,(H,11,12). The molecule has 1 unspecified atom stereocenters. The molecule has 1 atom stereocenters. The van der Waals surface area contributed by atoms with Gasteiger partial charge in [0.05, 0.1) is 6.26 Å². The van der Waals surface area contributed by atoms with Crippen molar-refractivity contribution in [3.05, 3.63) is 18.6 Å². The lowest BCUT2D eigenvalue weighted by molar-refractivity contribution is -0.140. The minimum Gasteiger partial charge on any atom is -0.480 e. The van der Waals surface area contributed by atoms with E-state index in [4.69, 9.17) is 9.52 Å². The zero-order valence-electron chi connectivity index (χ0n) is 8.37. The van der Waals surface area contributed by atoms with Gasteiger partial charge >= 0.3 is 5.97 Å². The summed E-state index contributed by atoms with van der Waals surface area (Å²) in [5, 5.41) is 8.91. The molecule has 0 spiro atoms. The molecule has 1 aromatic rings. The first-order valence-corrected chi connectivity index (χ1v) is 6.24. The van der Waals surface area contributed by atoms with Gasteiger partial charge in [-0.1, -0.05) is 0 Å². The molecule has 1 aliphatic rings. The van der Waals surface area contributed by atoms with Gasteiger partial charge in [0.2, 0.25) is 10.0 Å². The molecule has 1 fully saturated rings. The molecule has 0 aliphatic carbocycles. The van der Waals surface area contributed by atoms with Crippen LogP contribution >= 0.6 is 0 Å². The number of carboxylic acid groups (broad SMARTS) is 1. The highest BCUT2D eigenvalue weighted by molar-refractivity contribution is 7.89. The van der Waals surface area contributed by atoms with Gasteiger partial charge in [0.15, 0.2) is 0 Å². The summed E-state index contributed by atoms with van der Waals surface area (Å²) in [4.78, 5) is 10.9. The summed E-state index contributed by atoms with van der Waals surface area (Å²) in [5.41, 5.74) is 0. The van der Waals surface area contributed by atoms with E-state index in [1.54, 1.807) is 0 Å². The van der Waals surface area contributed by atoms with E-state index >= 15 is 0 Å². The van der Waals surface area contributed by atoms with Crippen molar-refractivity contribution >= 4 is 16.0 Å². The van der Waals surface area contributed by atoms with Crippen molar-refractivity contribution in [1.29, 1.82) is 0 Å². The van der Waals surface area contributed by atoms with Crippen LogP contribution in [0, 0.1) is 0 Å². The Morgan fingerprint density at radius 2 is 2.31 bits per heavy atom. The quantitative estimate of drug-likeness (QED) is 0.838. The fourth-order valence-corrected chi connectivity index (χ4v) is 3.38. The summed E-state index contributed by atoms with van der Waals surface area (Å²) in [6, 6.07) is 0.354. The van der Waals surface area contributed by atoms with Gasteiger partial charge in [0.25, 0.3) is 0 Å². The van der Waals surface area contributed by atoms with E-state index in [2.05, 4.69) is 0 Å². The van der Waals surface area contributed by atoms with Crippen LogP contribution in [0.4, 0.5) is 0 Å². The van der Waals surface area contributed by atoms with E-state index in [1.165, 1.54) is 12.3 Å². The Bertz CT molecular complexity index is 478. The van der Waals surface area contributed by atoms with Crippen LogP contribution in [0.3, 0.4) is 0 Å². The average Bonchev–Trinajstić information content (AvgIpc) is 2.89. The number of hydrogen-bond acceptors (Lipinski definition) is 4. The van der Waals surface area contributed by atoms with E-state index < -0.39 is 22.0 Å². The van der Waals surface area contributed by atoms with Crippen LogP contribution < -0.4 is 0 Å². The molecule has 7 heteroatoms. The normalized spacial score (nSPS) is 22.4. The van der Waals surface area contributed by atoms with Crippen molar-refractivity contribution in [2.45, 2.75) is 23.8 Å². The van der Waals surface area contributed by atoms with E-state index in [1.807, 2.05) is 0 Å². The molecular formula is C9H11NO5S. The Kier molecular flexibility index (Phi) is 2.73. The van der Waals surface area contributed by atoms with Crippen LogP contribution in [-0.4, -0.2) is 36.4 Å². The zero-order chi connectivity index (χ0) is 11.8. The number of hydrogen-bond donors (Lipinski definition) is 1. The fourth-order valence-electron chi connectivity index (χ4n) is 1.81. The lowest BCUT2D eigenvalue weighted by atomic mass is 10.2. The molecule has 6 nitrogen and oxygen atoms in total. The molecule has 1 aromatic heterocycles. The third-order valence-electron chi connectivity index (χ3n) is 2.59. The van der Waals surface area contributed by atoms with Crippen LogP contribution in [0.1, 0.15) is 12.8 Å². The number of aliphatic carboxylic acids is 1. The van der Waals surface area contributed by atoms with Crippen LogP contribution in [0.2, 0.25) is 0 Å². The van der Waals surface area contributed by atoms with Crippen molar-refractivity contribution in [3.8, 4) is 0 Å². The third-order valence-corrected chi connectivity index (χ3v) is 4.47. The van der Waals surface area contributed by atoms with E-state index in [9.17, 15) is 13.2 Å². The van der Waals surface area contributed by atoms with Crippen molar-refractivity contribution in [2.75, 3.05) is 6.54 Å².